The molecule has 2 heterocycles. The Kier molecular flexibility index (Phi) is 9.17. The highest BCUT2D eigenvalue weighted by Crippen LogP contribution is 2.28. The average molecular weight is 536 g/mol. The number of nitrogens with zero attached hydrogens (tertiary/aromatic N) is 2. The summed E-state index contributed by atoms with van der Waals surface area (Å²) in [4.78, 5) is 21.4. The molecule has 0 bridgehead atoms. The third-order valence-corrected chi connectivity index (χ3v) is 6.17. The predicted octanol–water partition coefficient (Wildman–Crippen LogP) is 4.65. The molecule has 0 aliphatic carbocycles. The van der Waals surface area contributed by atoms with Crippen LogP contribution in [0.3, 0.4) is 0 Å². The molecule has 3 aromatic rings. The van der Waals surface area contributed by atoms with Crippen molar-refractivity contribution in [1.82, 2.24) is 14.7 Å². The molecule has 1 amide bonds. The second-order valence-corrected chi connectivity index (χ2v) is 10.5. The number of halogens is 1. The number of carbonyl (C=O) groups excluding carboxylic acids is 1. The van der Waals surface area contributed by atoms with E-state index in [2.05, 4.69) is 9.97 Å². The molecule has 0 saturated carbocycles. The van der Waals surface area contributed by atoms with Crippen molar-refractivity contribution in [3.8, 4) is 22.9 Å². The molecule has 0 aliphatic heterocycles. The smallest absolute Gasteiger partial charge is 0.281 e. The van der Waals surface area contributed by atoms with E-state index in [-0.39, 0.29) is 31.8 Å². The summed E-state index contributed by atoms with van der Waals surface area (Å²) in [6.45, 7) is 7.89. The Hall–Kier alpha value is -3.57. The number of carbonyl (C=O) groups is 1. The topological polar surface area (TPSA) is 117 Å². The fourth-order valence-corrected chi connectivity index (χ4v) is 4.26. The molecule has 0 aliphatic rings. The molecule has 9 nitrogen and oxygen atoms in total. The zero-order valence-electron chi connectivity index (χ0n) is 21.3. The van der Waals surface area contributed by atoms with Gasteiger partial charge in [0.15, 0.2) is 5.03 Å². The Morgan fingerprint density at radius 1 is 1.08 bits per heavy atom. The molecule has 0 radical (unpaired) electrons. The highest BCUT2D eigenvalue weighted by molar-refractivity contribution is 7.90. The van der Waals surface area contributed by atoms with Crippen LogP contribution in [0.5, 0.6) is 11.6 Å². The summed E-state index contributed by atoms with van der Waals surface area (Å²) >= 11 is 0. The van der Waals surface area contributed by atoms with Gasteiger partial charge in [0.25, 0.3) is 15.9 Å². The van der Waals surface area contributed by atoms with Gasteiger partial charge in [0.05, 0.1) is 18.9 Å². The predicted molar refractivity (Wildman–Crippen MR) is 140 cm³/mol. The molecule has 202 valence electrons. The van der Waals surface area contributed by atoms with E-state index in [0.717, 1.165) is 0 Å². The molecule has 2 aromatic heterocycles. The molecule has 0 unspecified atom stereocenters. The van der Waals surface area contributed by atoms with Crippen molar-refractivity contribution in [2.45, 2.75) is 38.8 Å². The Morgan fingerprint density at radius 2 is 1.84 bits per heavy atom. The molecule has 1 N–H and O–H groups in total. The first-order valence-corrected chi connectivity index (χ1v) is 13.1. The number of aromatic nitrogens is 2. The van der Waals surface area contributed by atoms with Crippen LogP contribution in [0.15, 0.2) is 53.6 Å². The Balaban J connectivity index is 0.00000380. The summed E-state index contributed by atoms with van der Waals surface area (Å²) in [5.41, 5.74) is 1.04. The van der Waals surface area contributed by atoms with Crippen LogP contribution in [0.2, 0.25) is 0 Å². The van der Waals surface area contributed by atoms with Crippen molar-refractivity contribution in [1.29, 1.82) is 0 Å². The van der Waals surface area contributed by atoms with E-state index in [1.54, 1.807) is 26.0 Å². The third kappa shape index (κ3) is 7.70. The molecule has 0 saturated heterocycles. The maximum atomic E-state index is 14.3. The molecule has 11 heteroatoms. The average Bonchev–Trinajstić information content (AvgIpc) is 2.82. The van der Waals surface area contributed by atoms with E-state index in [0.29, 0.717) is 29.3 Å². The molecule has 37 heavy (non-hydrogen) atoms. The number of ether oxygens (including phenoxy) is 3. The summed E-state index contributed by atoms with van der Waals surface area (Å²) in [7, 11) is -2.77. The molecular formula is C26H34FN3O6S. The molecule has 0 fully saturated rings. The van der Waals surface area contributed by atoms with E-state index in [1.165, 1.54) is 43.5 Å². The standard InChI is InChI=1S/C26H30FN3O6S.2H2/c1-16(2)14-35-21-12-19(11-20(27)13-21)23-10-9-22(26(29-23)36-18(4)15-34-5)25(31)30-37(32,33)24-8-6-7-17(3)28-24;;/h6-13,16,18H,14-15H2,1-5H3,(H,30,31);2*1H/t18-;;/m0../s1. The number of sulfonamides is 1. The monoisotopic (exact) mass is 535 g/mol. The van der Waals surface area contributed by atoms with Crippen LogP contribution in [0.1, 0.15) is 39.7 Å². The fraction of sp³-hybridized carbons (Fsp3) is 0.346. The van der Waals surface area contributed by atoms with E-state index in [9.17, 15) is 17.6 Å². The number of methoxy groups -OCH3 is 1. The fourth-order valence-electron chi connectivity index (χ4n) is 3.28. The van der Waals surface area contributed by atoms with Crippen molar-refractivity contribution in [3.63, 3.8) is 0 Å². The van der Waals surface area contributed by atoms with Crippen molar-refractivity contribution >= 4 is 15.9 Å². The van der Waals surface area contributed by atoms with Gasteiger partial charge in [-0.25, -0.2) is 19.1 Å². The minimum absolute atomic E-state index is 0. The van der Waals surface area contributed by atoms with Gasteiger partial charge in [-0.3, -0.25) is 4.79 Å². The van der Waals surface area contributed by atoms with Crippen LogP contribution in [0.25, 0.3) is 11.3 Å². The summed E-state index contributed by atoms with van der Waals surface area (Å²) in [6, 6.07) is 11.5. The highest BCUT2D eigenvalue weighted by atomic mass is 32.2. The Bertz CT molecular complexity index is 1380. The van der Waals surface area contributed by atoms with E-state index in [4.69, 9.17) is 14.2 Å². The Labute approximate surface area is 219 Å². The lowest BCUT2D eigenvalue weighted by atomic mass is 10.1. The van der Waals surface area contributed by atoms with Gasteiger partial charge >= 0.3 is 0 Å². The molecule has 1 atom stereocenters. The summed E-state index contributed by atoms with van der Waals surface area (Å²) in [6.07, 6.45) is -0.521. The van der Waals surface area contributed by atoms with Crippen LogP contribution in [0.4, 0.5) is 4.39 Å². The number of pyridine rings is 2. The van der Waals surface area contributed by atoms with Crippen molar-refractivity contribution < 1.29 is 34.7 Å². The minimum atomic E-state index is -4.26. The molecular weight excluding hydrogens is 501 g/mol. The third-order valence-electron chi connectivity index (χ3n) is 4.93. The summed E-state index contributed by atoms with van der Waals surface area (Å²) < 4.78 is 58.4. The number of amides is 1. The van der Waals surface area contributed by atoms with Crippen LogP contribution < -0.4 is 14.2 Å². The highest BCUT2D eigenvalue weighted by Gasteiger charge is 2.24. The Morgan fingerprint density at radius 3 is 2.51 bits per heavy atom. The number of nitrogens with one attached hydrogen (secondary N) is 1. The lowest BCUT2D eigenvalue weighted by Crippen LogP contribution is -2.32. The van der Waals surface area contributed by atoms with Gasteiger partial charge < -0.3 is 14.2 Å². The molecule has 1 aromatic carbocycles. The van der Waals surface area contributed by atoms with Crippen molar-refractivity contribution in [2.24, 2.45) is 5.92 Å². The zero-order valence-corrected chi connectivity index (χ0v) is 22.1. The van der Waals surface area contributed by atoms with Crippen LogP contribution in [-0.2, 0) is 14.8 Å². The number of aryl methyl sites for hydroxylation is 1. The molecule has 0 spiro atoms. The summed E-state index contributed by atoms with van der Waals surface area (Å²) in [5.74, 6) is -1.04. The minimum Gasteiger partial charge on any atom is -0.493 e. The maximum Gasteiger partial charge on any atom is 0.281 e. The van der Waals surface area contributed by atoms with Gasteiger partial charge in [0, 0.05) is 27.3 Å². The second-order valence-electron chi connectivity index (χ2n) is 8.87. The van der Waals surface area contributed by atoms with Crippen molar-refractivity contribution in [2.75, 3.05) is 20.3 Å². The second kappa shape index (κ2) is 12.1. The van der Waals surface area contributed by atoms with Crippen LogP contribution in [-0.4, -0.2) is 50.7 Å². The van der Waals surface area contributed by atoms with Gasteiger partial charge in [-0.15, -0.1) is 0 Å². The van der Waals surface area contributed by atoms with E-state index >= 15 is 0 Å². The number of hydrogen-bond acceptors (Lipinski definition) is 8. The number of benzene rings is 1. The first-order chi connectivity index (χ1) is 17.5. The van der Waals surface area contributed by atoms with E-state index < -0.39 is 27.9 Å². The summed E-state index contributed by atoms with van der Waals surface area (Å²) in [5, 5.41) is -0.297. The van der Waals surface area contributed by atoms with Crippen molar-refractivity contribution in [3.05, 3.63) is 65.6 Å². The number of rotatable bonds is 11. The number of hydrogen-bond donors (Lipinski definition) is 1. The normalized spacial score (nSPS) is 12.3. The first-order valence-electron chi connectivity index (χ1n) is 11.6. The zero-order chi connectivity index (χ0) is 27.2. The van der Waals surface area contributed by atoms with Gasteiger partial charge in [0.2, 0.25) is 5.88 Å². The lowest BCUT2D eigenvalue weighted by Gasteiger charge is -2.17. The van der Waals surface area contributed by atoms with Crippen LogP contribution >= 0.6 is 0 Å². The van der Waals surface area contributed by atoms with Gasteiger partial charge in [-0.2, -0.15) is 8.42 Å². The van der Waals surface area contributed by atoms with Crippen LogP contribution in [0, 0.1) is 18.7 Å². The largest absolute Gasteiger partial charge is 0.493 e. The SMILES string of the molecule is COC[C@H](C)Oc1nc(-c2cc(F)cc(OCC(C)C)c2)ccc1C(=O)NS(=O)(=O)c1cccc(C)n1.[HH].[HH]. The first kappa shape index (κ1) is 28.0. The van der Waals surface area contributed by atoms with Gasteiger partial charge in [-0.05, 0) is 56.2 Å². The van der Waals surface area contributed by atoms with Gasteiger partial charge in [0.1, 0.15) is 23.2 Å². The molecule has 3 rings (SSSR count). The van der Waals surface area contributed by atoms with E-state index in [1.807, 2.05) is 18.6 Å². The maximum absolute atomic E-state index is 14.3. The van der Waals surface area contributed by atoms with Gasteiger partial charge in [-0.1, -0.05) is 19.9 Å². The lowest BCUT2D eigenvalue weighted by molar-refractivity contribution is 0.0855. The quantitative estimate of drug-likeness (QED) is 0.377.